The van der Waals surface area contributed by atoms with Crippen LogP contribution < -0.4 is 5.32 Å². The highest BCUT2D eigenvalue weighted by Gasteiger charge is 2.15. The molecule has 0 amide bonds. The fourth-order valence-electron chi connectivity index (χ4n) is 1.96. The molecule has 0 saturated heterocycles. The molecule has 1 aromatic carbocycles. The van der Waals surface area contributed by atoms with Crippen molar-refractivity contribution in [1.29, 1.82) is 0 Å². The van der Waals surface area contributed by atoms with Crippen molar-refractivity contribution < 1.29 is 4.74 Å². The van der Waals surface area contributed by atoms with E-state index in [4.69, 9.17) is 4.74 Å². The lowest BCUT2D eigenvalue weighted by Crippen LogP contribution is -2.34. The monoisotopic (exact) mass is 221 g/mol. The zero-order chi connectivity index (χ0) is 11.8. The first-order valence-corrected chi connectivity index (χ1v) is 5.98. The smallest absolute Gasteiger partial charge is 0.0465 e. The molecule has 1 aromatic rings. The Labute approximate surface area is 99.0 Å². The van der Waals surface area contributed by atoms with Crippen LogP contribution in [0.1, 0.15) is 18.9 Å². The van der Waals surface area contributed by atoms with E-state index in [1.54, 1.807) is 7.11 Å². The summed E-state index contributed by atoms with van der Waals surface area (Å²) in [7, 11) is 3.80. The molecule has 0 aliphatic rings. The summed E-state index contributed by atoms with van der Waals surface area (Å²) in [5.41, 5.74) is 1.39. The first-order chi connectivity index (χ1) is 7.77. The number of likely N-dealkylation sites (N-methyl/N-ethyl adjacent to an activating group) is 1. The predicted octanol–water partition coefficient (Wildman–Crippen LogP) is 2.49. The van der Waals surface area contributed by atoms with Crippen molar-refractivity contribution >= 4 is 0 Å². The number of hydrogen-bond acceptors (Lipinski definition) is 2. The molecule has 2 atom stereocenters. The maximum atomic E-state index is 5.13. The van der Waals surface area contributed by atoms with Crippen molar-refractivity contribution in [1.82, 2.24) is 5.32 Å². The maximum absolute atomic E-state index is 5.13. The highest BCUT2D eigenvalue weighted by atomic mass is 16.5. The molecule has 16 heavy (non-hydrogen) atoms. The second kappa shape index (κ2) is 7.42. The molecule has 2 unspecified atom stereocenters. The largest absolute Gasteiger partial charge is 0.385 e. The fourth-order valence-corrected chi connectivity index (χ4v) is 1.96. The van der Waals surface area contributed by atoms with Gasteiger partial charge in [-0.15, -0.1) is 0 Å². The van der Waals surface area contributed by atoms with E-state index in [-0.39, 0.29) is 0 Å². The first kappa shape index (κ1) is 13.2. The van der Waals surface area contributed by atoms with Crippen LogP contribution in [0.5, 0.6) is 0 Å². The lowest BCUT2D eigenvalue weighted by atomic mass is 9.93. The minimum absolute atomic E-state index is 0.526. The summed E-state index contributed by atoms with van der Waals surface area (Å²) in [6.07, 6.45) is 2.19. The Kier molecular flexibility index (Phi) is 6.12. The van der Waals surface area contributed by atoms with Crippen LogP contribution in [-0.2, 0) is 11.2 Å². The first-order valence-electron chi connectivity index (χ1n) is 5.98. The molecule has 1 N–H and O–H groups in total. The molecule has 0 radical (unpaired) electrons. The predicted molar refractivity (Wildman–Crippen MR) is 68.7 cm³/mol. The average Bonchev–Trinajstić information content (AvgIpc) is 2.34. The Morgan fingerprint density at radius 1 is 1.25 bits per heavy atom. The highest BCUT2D eigenvalue weighted by Crippen LogP contribution is 2.13. The summed E-state index contributed by atoms with van der Waals surface area (Å²) in [5.74, 6) is 0.630. The minimum Gasteiger partial charge on any atom is -0.385 e. The minimum atomic E-state index is 0.526. The summed E-state index contributed by atoms with van der Waals surface area (Å²) in [6, 6.07) is 11.2. The number of rotatable bonds is 7. The highest BCUT2D eigenvalue weighted by molar-refractivity contribution is 5.16. The van der Waals surface area contributed by atoms with Crippen molar-refractivity contribution in [2.75, 3.05) is 20.8 Å². The molecule has 0 fully saturated rings. The van der Waals surface area contributed by atoms with Crippen LogP contribution in [0.15, 0.2) is 30.3 Å². The number of hydrogen-bond donors (Lipinski definition) is 1. The van der Waals surface area contributed by atoms with E-state index in [9.17, 15) is 0 Å². The number of nitrogens with one attached hydrogen (secondary N) is 1. The molecular weight excluding hydrogens is 198 g/mol. The van der Waals surface area contributed by atoms with Gasteiger partial charge in [-0.1, -0.05) is 37.3 Å². The second-order valence-corrected chi connectivity index (χ2v) is 4.34. The Balaban J connectivity index is 2.48. The van der Waals surface area contributed by atoms with Crippen LogP contribution in [0.2, 0.25) is 0 Å². The SMILES string of the molecule is CNC(Cc1ccccc1)C(C)CCOC. The summed E-state index contributed by atoms with van der Waals surface area (Å²) in [4.78, 5) is 0. The van der Waals surface area contributed by atoms with Gasteiger partial charge in [0.15, 0.2) is 0 Å². The number of benzene rings is 1. The summed E-state index contributed by atoms with van der Waals surface area (Å²) >= 11 is 0. The van der Waals surface area contributed by atoms with Crippen LogP contribution in [-0.4, -0.2) is 26.8 Å². The molecule has 2 nitrogen and oxygen atoms in total. The standard InChI is InChI=1S/C14H23NO/c1-12(9-10-16-3)14(15-2)11-13-7-5-4-6-8-13/h4-8,12,14-15H,9-11H2,1-3H3. The van der Waals surface area contributed by atoms with Crippen molar-refractivity contribution in [2.45, 2.75) is 25.8 Å². The molecule has 0 aliphatic heterocycles. The van der Waals surface area contributed by atoms with E-state index < -0.39 is 0 Å². The van der Waals surface area contributed by atoms with Gasteiger partial charge in [0, 0.05) is 19.8 Å². The van der Waals surface area contributed by atoms with Gasteiger partial charge >= 0.3 is 0 Å². The van der Waals surface area contributed by atoms with Gasteiger partial charge in [0.05, 0.1) is 0 Å². The molecule has 0 saturated carbocycles. The molecule has 0 spiro atoms. The third-order valence-corrected chi connectivity index (χ3v) is 3.13. The second-order valence-electron chi connectivity index (χ2n) is 4.34. The Morgan fingerprint density at radius 3 is 2.50 bits per heavy atom. The zero-order valence-electron chi connectivity index (χ0n) is 10.6. The molecular formula is C14H23NO. The quantitative estimate of drug-likeness (QED) is 0.764. The topological polar surface area (TPSA) is 21.3 Å². The van der Waals surface area contributed by atoms with Crippen LogP contribution in [0.25, 0.3) is 0 Å². The van der Waals surface area contributed by atoms with Crippen molar-refractivity contribution in [3.63, 3.8) is 0 Å². The molecule has 2 heteroatoms. The van der Waals surface area contributed by atoms with E-state index in [0.717, 1.165) is 19.4 Å². The van der Waals surface area contributed by atoms with Crippen molar-refractivity contribution in [3.8, 4) is 0 Å². The Bertz CT molecular complexity index is 273. The van der Waals surface area contributed by atoms with E-state index in [1.807, 2.05) is 7.05 Å². The van der Waals surface area contributed by atoms with Crippen molar-refractivity contribution in [3.05, 3.63) is 35.9 Å². The van der Waals surface area contributed by atoms with Gasteiger partial charge in [-0.3, -0.25) is 0 Å². The summed E-state index contributed by atoms with van der Waals surface area (Å²) < 4.78 is 5.13. The van der Waals surface area contributed by atoms with Gasteiger partial charge in [0.1, 0.15) is 0 Å². The average molecular weight is 221 g/mol. The fraction of sp³-hybridized carbons (Fsp3) is 0.571. The molecule has 1 rings (SSSR count). The van der Waals surface area contributed by atoms with Gasteiger partial charge in [-0.25, -0.2) is 0 Å². The Hall–Kier alpha value is -0.860. The van der Waals surface area contributed by atoms with E-state index in [0.29, 0.717) is 12.0 Å². The third kappa shape index (κ3) is 4.33. The van der Waals surface area contributed by atoms with Gasteiger partial charge in [-0.2, -0.15) is 0 Å². The van der Waals surface area contributed by atoms with E-state index in [2.05, 4.69) is 42.6 Å². The van der Waals surface area contributed by atoms with Crippen LogP contribution in [0, 0.1) is 5.92 Å². The summed E-state index contributed by atoms with van der Waals surface area (Å²) in [6.45, 7) is 3.12. The molecule has 0 aromatic heterocycles. The van der Waals surface area contributed by atoms with Crippen LogP contribution in [0.3, 0.4) is 0 Å². The van der Waals surface area contributed by atoms with E-state index >= 15 is 0 Å². The number of methoxy groups -OCH3 is 1. The van der Waals surface area contributed by atoms with Gasteiger partial charge < -0.3 is 10.1 Å². The normalized spacial score (nSPS) is 14.7. The lowest BCUT2D eigenvalue weighted by Gasteiger charge is -2.23. The lowest BCUT2D eigenvalue weighted by molar-refractivity contribution is 0.171. The van der Waals surface area contributed by atoms with Gasteiger partial charge in [-0.05, 0) is 31.4 Å². The van der Waals surface area contributed by atoms with Crippen molar-refractivity contribution in [2.24, 2.45) is 5.92 Å². The molecule has 90 valence electrons. The third-order valence-electron chi connectivity index (χ3n) is 3.13. The van der Waals surface area contributed by atoms with Gasteiger partial charge in [0.2, 0.25) is 0 Å². The van der Waals surface area contributed by atoms with Gasteiger partial charge in [0.25, 0.3) is 0 Å². The molecule has 0 bridgehead atoms. The summed E-state index contributed by atoms with van der Waals surface area (Å²) in [5, 5.41) is 3.40. The maximum Gasteiger partial charge on any atom is 0.0465 e. The molecule has 0 heterocycles. The Morgan fingerprint density at radius 2 is 1.94 bits per heavy atom. The van der Waals surface area contributed by atoms with Crippen LogP contribution in [0.4, 0.5) is 0 Å². The zero-order valence-corrected chi connectivity index (χ0v) is 10.6. The number of ether oxygens (including phenoxy) is 1. The van der Waals surface area contributed by atoms with Crippen LogP contribution >= 0.6 is 0 Å². The van der Waals surface area contributed by atoms with E-state index in [1.165, 1.54) is 5.56 Å². The molecule has 0 aliphatic carbocycles.